The quantitative estimate of drug-likeness (QED) is 0.786. The molecule has 6 heteroatoms. The summed E-state index contributed by atoms with van der Waals surface area (Å²) in [4.78, 5) is 22.9. The average Bonchev–Trinajstić information content (AvgIpc) is 2.96. The Morgan fingerprint density at radius 3 is 3.09 bits per heavy atom. The second-order valence-electron chi connectivity index (χ2n) is 5.68. The first-order chi connectivity index (χ1) is 10.7. The number of aromatic nitrogens is 2. The molecule has 0 spiro atoms. The van der Waals surface area contributed by atoms with Crippen molar-refractivity contribution in [3.05, 3.63) is 36.4 Å². The van der Waals surface area contributed by atoms with E-state index in [2.05, 4.69) is 16.5 Å². The number of amides is 1. The molecule has 1 aliphatic heterocycles. The molecule has 1 aliphatic carbocycles. The summed E-state index contributed by atoms with van der Waals surface area (Å²) in [6.45, 7) is 7.15. The van der Waals surface area contributed by atoms with E-state index in [9.17, 15) is 4.79 Å². The number of rotatable bonds is 4. The maximum atomic E-state index is 12.7. The van der Waals surface area contributed by atoms with Crippen molar-refractivity contribution in [3.8, 4) is 0 Å². The summed E-state index contributed by atoms with van der Waals surface area (Å²) in [5.41, 5.74) is 1.19. The van der Waals surface area contributed by atoms with Crippen molar-refractivity contribution < 1.29 is 14.3 Å². The zero-order chi connectivity index (χ0) is 15.5. The number of ether oxygens (including phenoxy) is 2. The van der Waals surface area contributed by atoms with Crippen molar-refractivity contribution >= 4 is 5.91 Å². The fraction of sp³-hybridized carbons (Fsp3) is 0.562. The molecule has 0 N–H and O–H groups in total. The van der Waals surface area contributed by atoms with E-state index in [-0.39, 0.29) is 24.2 Å². The third-order valence-electron chi connectivity index (χ3n) is 4.22. The molecule has 22 heavy (non-hydrogen) atoms. The van der Waals surface area contributed by atoms with Crippen molar-refractivity contribution in [2.45, 2.75) is 38.0 Å². The smallest absolute Gasteiger partial charge is 0.274 e. The van der Waals surface area contributed by atoms with Gasteiger partial charge < -0.3 is 14.4 Å². The zero-order valence-corrected chi connectivity index (χ0v) is 12.8. The van der Waals surface area contributed by atoms with E-state index in [0.717, 1.165) is 18.5 Å². The number of aryl methyl sites for hydroxylation is 1. The van der Waals surface area contributed by atoms with Crippen molar-refractivity contribution in [3.63, 3.8) is 0 Å². The van der Waals surface area contributed by atoms with Crippen LogP contribution in [0, 0.1) is 6.92 Å². The second kappa shape index (κ2) is 6.54. The predicted molar refractivity (Wildman–Crippen MR) is 80.5 cm³/mol. The minimum atomic E-state index is -0.0739. The van der Waals surface area contributed by atoms with Crippen molar-refractivity contribution in [1.82, 2.24) is 14.9 Å². The number of fused-ring (bicyclic) bond motifs is 1. The Labute approximate surface area is 130 Å². The minimum Gasteiger partial charge on any atom is -0.372 e. The SMILES string of the molecule is C=CCO[C@H]1CC[C@H]2[C@H]1OCCN2C(=O)c1cnc(C)cn1. The van der Waals surface area contributed by atoms with Gasteiger partial charge in [-0.05, 0) is 19.8 Å². The molecular formula is C16H21N3O3. The van der Waals surface area contributed by atoms with Gasteiger partial charge >= 0.3 is 0 Å². The summed E-state index contributed by atoms with van der Waals surface area (Å²) in [6, 6.07) is 0.0548. The van der Waals surface area contributed by atoms with Gasteiger partial charge in [-0.15, -0.1) is 6.58 Å². The van der Waals surface area contributed by atoms with Crippen LogP contribution in [0.15, 0.2) is 25.0 Å². The normalized spacial score (nSPS) is 27.5. The number of nitrogens with zero attached hydrogens (tertiary/aromatic N) is 3. The Bertz CT molecular complexity index is 546. The van der Waals surface area contributed by atoms with Gasteiger partial charge in [-0.25, -0.2) is 4.98 Å². The monoisotopic (exact) mass is 303 g/mol. The Kier molecular flexibility index (Phi) is 4.49. The molecule has 118 valence electrons. The molecule has 1 amide bonds. The lowest BCUT2D eigenvalue weighted by molar-refractivity contribution is -0.100. The maximum Gasteiger partial charge on any atom is 0.274 e. The summed E-state index contributed by atoms with van der Waals surface area (Å²) in [7, 11) is 0. The highest BCUT2D eigenvalue weighted by Crippen LogP contribution is 2.32. The fourth-order valence-electron chi connectivity index (χ4n) is 3.19. The van der Waals surface area contributed by atoms with E-state index in [1.54, 1.807) is 18.5 Å². The highest BCUT2D eigenvalue weighted by atomic mass is 16.5. The van der Waals surface area contributed by atoms with Crippen LogP contribution >= 0.6 is 0 Å². The lowest BCUT2D eigenvalue weighted by atomic mass is 10.1. The highest BCUT2D eigenvalue weighted by molar-refractivity contribution is 5.92. The molecule has 6 nitrogen and oxygen atoms in total. The van der Waals surface area contributed by atoms with Gasteiger partial charge in [0, 0.05) is 12.7 Å². The number of hydrogen-bond acceptors (Lipinski definition) is 5. The summed E-state index contributed by atoms with van der Waals surface area (Å²) < 4.78 is 11.6. The van der Waals surface area contributed by atoms with Gasteiger partial charge in [0.2, 0.25) is 0 Å². The maximum absolute atomic E-state index is 12.7. The summed E-state index contributed by atoms with van der Waals surface area (Å²) in [5, 5.41) is 0. The standard InChI is InChI=1S/C16H21N3O3/c1-3-7-21-14-5-4-13-15(14)22-8-6-19(13)16(20)12-10-17-11(2)9-18-12/h3,9-10,13-15H,1,4-8H2,2H3/t13-,14-,15+/m0/s1. The van der Waals surface area contributed by atoms with E-state index < -0.39 is 0 Å². The zero-order valence-electron chi connectivity index (χ0n) is 12.8. The van der Waals surface area contributed by atoms with Crippen molar-refractivity contribution in [2.24, 2.45) is 0 Å². The van der Waals surface area contributed by atoms with Gasteiger partial charge in [0.05, 0.1) is 37.3 Å². The number of carbonyl (C=O) groups is 1. The lowest BCUT2D eigenvalue weighted by Gasteiger charge is -2.38. The van der Waals surface area contributed by atoms with Crippen LogP contribution in [-0.2, 0) is 9.47 Å². The molecule has 2 heterocycles. The summed E-state index contributed by atoms with van der Waals surface area (Å²) in [6.07, 6.45) is 6.66. The summed E-state index contributed by atoms with van der Waals surface area (Å²) in [5.74, 6) is -0.0739. The molecule has 1 saturated heterocycles. The van der Waals surface area contributed by atoms with Gasteiger partial charge in [0.15, 0.2) is 0 Å². The molecular weight excluding hydrogens is 282 g/mol. The van der Waals surface area contributed by atoms with Crippen LogP contribution in [0.2, 0.25) is 0 Å². The van der Waals surface area contributed by atoms with Crippen molar-refractivity contribution in [1.29, 1.82) is 0 Å². The minimum absolute atomic E-state index is 0.0303. The molecule has 2 aliphatic rings. The van der Waals surface area contributed by atoms with Gasteiger partial charge in [-0.3, -0.25) is 9.78 Å². The molecule has 3 rings (SSSR count). The Morgan fingerprint density at radius 2 is 2.36 bits per heavy atom. The second-order valence-corrected chi connectivity index (χ2v) is 5.68. The van der Waals surface area contributed by atoms with Crippen LogP contribution < -0.4 is 0 Å². The Morgan fingerprint density at radius 1 is 1.50 bits per heavy atom. The van der Waals surface area contributed by atoms with E-state index in [1.165, 1.54) is 0 Å². The fourth-order valence-corrected chi connectivity index (χ4v) is 3.19. The Hall–Kier alpha value is -1.79. The van der Waals surface area contributed by atoms with Gasteiger partial charge in [0.25, 0.3) is 5.91 Å². The molecule has 1 aromatic heterocycles. The number of morpholine rings is 1. The molecule has 2 fully saturated rings. The van der Waals surface area contributed by atoms with E-state index in [4.69, 9.17) is 9.47 Å². The van der Waals surface area contributed by atoms with Crippen LogP contribution in [-0.4, -0.2) is 58.8 Å². The van der Waals surface area contributed by atoms with Crippen LogP contribution in [0.25, 0.3) is 0 Å². The average molecular weight is 303 g/mol. The molecule has 1 saturated carbocycles. The predicted octanol–water partition coefficient (Wildman–Crippen LogP) is 1.36. The first kappa shape index (κ1) is 15.1. The largest absolute Gasteiger partial charge is 0.372 e. The first-order valence-corrected chi connectivity index (χ1v) is 7.64. The van der Waals surface area contributed by atoms with Crippen LogP contribution in [0.5, 0.6) is 0 Å². The number of hydrogen-bond donors (Lipinski definition) is 0. The van der Waals surface area contributed by atoms with Gasteiger partial charge in [-0.2, -0.15) is 0 Å². The first-order valence-electron chi connectivity index (χ1n) is 7.64. The van der Waals surface area contributed by atoms with E-state index >= 15 is 0 Å². The van der Waals surface area contributed by atoms with Crippen molar-refractivity contribution in [2.75, 3.05) is 19.8 Å². The van der Waals surface area contributed by atoms with E-state index in [0.29, 0.717) is 25.5 Å². The molecule has 0 bridgehead atoms. The number of carbonyl (C=O) groups excluding carboxylic acids is 1. The third-order valence-corrected chi connectivity index (χ3v) is 4.22. The van der Waals surface area contributed by atoms with Crippen LogP contribution in [0.1, 0.15) is 29.0 Å². The molecule has 0 aromatic carbocycles. The summed E-state index contributed by atoms with van der Waals surface area (Å²) >= 11 is 0. The third kappa shape index (κ3) is 2.89. The van der Waals surface area contributed by atoms with Crippen LogP contribution in [0.3, 0.4) is 0 Å². The molecule has 1 aromatic rings. The Balaban J connectivity index is 1.73. The molecule has 0 radical (unpaired) electrons. The molecule has 0 unspecified atom stereocenters. The van der Waals surface area contributed by atoms with Crippen LogP contribution in [0.4, 0.5) is 0 Å². The highest BCUT2D eigenvalue weighted by Gasteiger charge is 2.45. The molecule has 3 atom stereocenters. The van der Waals surface area contributed by atoms with Gasteiger partial charge in [-0.1, -0.05) is 6.08 Å². The van der Waals surface area contributed by atoms with E-state index in [1.807, 2.05) is 11.8 Å². The lowest BCUT2D eigenvalue weighted by Crippen LogP contribution is -2.54. The topological polar surface area (TPSA) is 64.6 Å². The van der Waals surface area contributed by atoms with Gasteiger partial charge in [0.1, 0.15) is 11.8 Å².